The highest BCUT2D eigenvalue weighted by molar-refractivity contribution is 8.03. The van der Waals surface area contributed by atoms with Crippen LogP contribution in [0.1, 0.15) is 37.7 Å². The average Bonchev–Trinajstić information content (AvgIpc) is 3.04. The number of benzene rings is 1. The van der Waals surface area contributed by atoms with Gasteiger partial charge in [-0.1, -0.05) is 42.1 Å². The van der Waals surface area contributed by atoms with Crippen LogP contribution in [0.25, 0.3) is 5.57 Å². The van der Waals surface area contributed by atoms with Crippen LogP contribution in [0, 0.1) is 0 Å². The Hall–Kier alpha value is -2.30. The van der Waals surface area contributed by atoms with Crippen molar-refractivity contribution < 1.29 is 0 Å². The molecule has 0 N–H and O–H groups in total. The number of aromatic nitrogens is 1. The molecule has 2 aromatic rings. The fourth-order valence-electron chi connectivity index (χ4n) is 6.17. The number of rotatable bonds is 4. The van der Waals surface area contributed by atoms with Crippen molar-refractivity contribution >= 4 is 23.0 Å². The molecule has 1 aromatic carbocycles. The number of hydrogen-bond donors (Lipinski definition) is 0. The van der Waals surface area contributed by atoms with E-state index in [9.17, 15) is 0 Å². The van der Waals surface area contributed by atoms with Crippen LogP contribution in [0.15, 0.2) is 83.4 Å². The molecular formula is C27H29N3S. The maximum atomic E-state index is 4.34. The second-order valence-corrected chi connectivity index (χ2v) is 10.3. The summed E-state index contributed by atoms with van der Waals surface area (Å²) in [6, 6.07) is 15.7. The third-order valence-corrected chi connectivity index (χ3v) is 8.67. The SMILES string of the molecule is C=CCN1C2CCC1CC(N1c3ccccc3SC3=CC(c4cccnc4)=CCC31)C2. The maximum absolute atomic E-state index is 4.34. The Labute approximate surface area is 189 Å². The van der Waals surface area contributed by atoms with Gasteiger partial charge in [0.25, 0.3) is 0 Å². The number of allylic oxidation sites excluding steroid dienone is 2. The number of anilines is 1. The van der Waals surface area contributed by atoms with E-state index in [-0.39, 0.29) is 0 Å². The molecule has 3 atom stereocenters. The van der Waals surface area contributed by atoms with Gasteiger partial charge in [0.05, 0.1) is 11.7 Å². The number of thioether (sulfide) groups is 1. The highest BCUT2D eigenvalue weighted by Crippen LogP contribution is 2.50. The molecular weight excluding hydrogens is 398 g/mol. The van der Waals surface area contributed by atoms with E-state index < -0.39 is 0 Å². The summed E-state index contributed by atoms with van der Waals surface area (Å²) in [5.41, 5.74) is 3.97. The van der Waals surface area contributed by atoms with Gasteiger partial charge < -0.3 is 4.90 Å². The average molecular weight is 428 g/mol. The monoisotopic (exact) mass is 427 g/mol. The highest BCUT2D eigenvalue weighted by Gasteiger charge is 2.45. The Kier molecular flexibility index (Phi) is 5.00. The van der Waals surface area contributed by atoms with Crippen molar-refractivity contribution in [2.75, 3.05) is 11.4 Å². The molecule has 0 amide bonds. The van der Waals surface area contributed by atoms with Crippen molar-refractivity contribution in [3.63, 3.8) is 0 Å². The lowest BCUT2D eigenvalue weighted by molar-refractivity contribution is 0.138. The first-order valence-electron chi connectivity index (χ1n) is 11.6. The largest absolute Gasteiger partial charge is 0.360 e. The van der Waals surface area contributed by atoms with E-state index in [1.165, 1.54) is 52.3 Å². The van der Waals surface area contributed by atoms with Crippen molar-refractivity contribution in [1.29, 1.82) is 0 Å². The molecule has 3 nitrogen and oxygen atoms in total. The quantitative estimate of drug-likeness (QED) is 0.564. The first-order valence-corrected chi connectivity index (χ1v) is 12.4. The minimum atomic E-state index is 0.454. The normalized spacial score (nSPS) is 29.6. The summed E-state index contributed by atoms with van der Waals surface area (Å²) in [7, 11) is 0. The molecule has 6 rings (SSSR count). The third-order valence-electron chi connectivity index (χ3n) is 7.48. The molecule has 0 saturated carbocycles. The lowest BCUT2D eigenvalue weighted by atomic mass is 9.90. The number of pyridine rings is 1. The van der Waals surface area contributed by atoms with Crippen LogP contribution >= 0.6 is 11.8 Å². The van der Waals surface area contributed by atoms with Crippen molar-refractivity contribution in [1.82, 2.24) is 9.88 Å². The number of piperidine rings is 1. The standard InChI is InChI=1S/C27H29N3S/c1-2-14-29-21-10-11-22(29)17-23(16-21)30-24-7-3-4-8-26(24)31-27-15-19(9-12-25(27)30)20-6-5-13-28-18-20/h2-9,13,15,18,21-23,25H,1,10-12,14,16-17H2. The number of hydrogen-bond acceptors (Lipinski definition) is 4. The van der Waals surface area contributed by atoms with E-state index >= 15 is 0 Å². The van der Waals surface area contributed by atoms with Crippen LogP contribution in [-0.4, -0.2) is 40.6 Å². The van der Waals surface area contributed by atoms with Crippen LogP contribution < -0.4 is 4.90 Å². The fraction of sp³-hybridized carbons (Fsp3) is 0.370. The Balaban J connectivity index is 1.34. The Morgan fingerprint density at radius 2 is 1.90 bits per heavy atom. The first kappa shape index (κ1) is 19.4. The van der Waals surface area contributed by atoms with Gasteiger partial charge in [0.1, 0.15) is 0 Å². The molecule has 0 radical (unpaired) electrons. The van der Waals surface area contributed by atoms with E-state index in [1.54, 1.807) is 0 Å². The molecule has 3 unspecified atom stereocenters. The number of fused-ring (bicyclic) bond motifs is 4. The number of para-hydroxylation sites is 1. The summed E-state index contributed by atoms with van der Waals surface area (Å²) in [5, 5.41) is 0. The molecule has 1 aliphatic carbocycles. The summed E-state index contributed by atoms with van der Waals surface area (Å²) in [6.07, 6.45) is 17.1. The zero-order chi connectivity index (χ0) is 20.8. The highest BCUT2D eigenvalue weighted by atomic mass is 32.2. The first-order chi connectivity index (χ1) is 15.3. The van der Waals surface area contributed by atoms with Gasteiger partial charge >= 0.3 is 0 Å². The Morgan fingerprint density at radius 1 is 1.06 bits per heavy atom. The predicted octanol–water partition coefficient (Wildman–Crippen LogP) is 5.91. The maximum Gasteiger partial charge on any atom is 0.0643 e. The third kappa shape index (κ3) is 3.37. The van der Waals surface area contributed by atoms with Crippen molar-refractivity contribution in [3.05, 3.63) is 84.1 Å². The molecule has 2 saturated heterocycles. The van der Waals surface area contributed by atoms with Crippen LogP contribution in [0.3, 0.4) is 0 Å². The van der Waals surface area contributed by atoms with Gasteiger partial charge in [-0.15, -0.1) is 6.58 Å². The lowest BCUT2D eigenvalue weighted by Gasteiger charge is -2.50. The van der Waals surface area contributed by atoms with Crippen LogP contribution in [-0.2, 0) is 0 Å². The fourth-order valence-corrected chi connectivity index (χ4v) is 7.38. The van der Waals surface area contributed by atoms with Gasteiger partial charge in [-0.2, -0.15) is 0 Å². The second-order valence-electron chi connectivity index (χ2n) is 9.17. The predicted molar refractivity (Wildman–Crippen MR) is 130 cm³/mol. The van der Waals surface area contributed by atoms with E-state index in [4.69, 9.17) is 0 Å². The second kappa shape index (κ2) is 7.99. The van der Waals surface area contributed by atoms with Crippen LogP contribution in [0.2, 0.25) is 0 Å². The summed E-state index contributed by atoms with van der Waals surface area (Å²) in [4.78, 5) is 12.7. The molecule has 3 aliphatic heterocycles. The summed E-state index contributed by atoms with van der Waals surface area (Å²) in [6.45, 7) is 5.04. The zero-order valence-electron chi connectivity index (χ0n) is 17.9. The van der Waals surface area contributed by atoms with Gasteiger partial charge in [0.15, 0.2) is 0 Å². The Morgan fingerprint density at radius 3 is 2.68 bits per heavy atom. The van der Waals surface area contributed by atoms with Gasteiger partial charge in [-0.05, 0) is 67.5 Å². The molecule has 2 bridgehead atoms. The number of nitrogens with zero attached hydrogens (tertiary/aromatic N) is 3. The van der Waals surface area contributed by atoms with E-state index in [0.29, 0.717) is 24.2 Å². The summed E-state index contributed by atoms with van der Waals surface area (Å²) < 4.78 is 0. The topological polar surface area (TPSA) is 19.4 Å². The van der Waals surface area contributed by atoms with Gasteiger partial charge in [0, 0.05) is 46.9 Å². The van der Waals surface area contributed by atoms with E-state index in [2.05, 4.69) is 69.9 Å². The molecule has 0 spiro atoms. The molecule has 31 heavy (non-hydrogen) atoms. The van der Waals surface area contributed by atoms with E-state index in [0.717, 1.165) is 13.0 Å². The van der Waals surface area contributed by atoms with Gasteiger partial charge in [-0.25, -0.2) is 0 Å². The Bertz CT molecular complexity index is 1030. The molecule has 158 valence electrons. The van der Waals surface area contributed by atoms with Crippen molar-refractivity contribution in [2.24, 2.45) is 0 Å². The molecule has 1 aromatic heterocycles. The van der Waals surface area contributed by atoms with Gasteiger partial charge in [-0.3, -0.25) is 9.88 Å². The van der Waals surface area contributed by atoms with Crippen LogP contribution in [0.5, 0.6) is 0 Å². The van der Waals surface area contributed by atoms with Crippen molar-refractivity contribution in [2.45, 2.75) is 61.2 Å². The molecule has 4 heterocycles. The van der Waals surface area contributed by atoms with Crippen LogP contribution in [0.4, 0.5) is 5.69 Å². The zero-order valence-corrected chi connectivity index (χ0v) is 18.7. The minimum absolute atomic E-state index is 0.454. The smallest absolute Gasteiger partial charge is 0.0643 e. The van der Waals surface area contributed by atoms with E-state index in [1.807, 2.05) is 30.2 Å². The van der Waals surface area contributed by atoms with Gasteiger partial charge in [0.2, 0.25) is 0 Å². The molecule has 2 fully saturated rings. The lowest BCUT2D eigenvalue weighted by Crippen LogP contribution is -2.54. The summed E-state index contributed by atoms with van der Waals surface area (Å²) >= 11 is 1.97. The molecule has 4 aliphatic rings. The van der Waals surface area contributed by atoms with Crippen molar-refractivity contribution in [3.8, 4) is 0 Å². The minimum Gasteiger partial charge on any atom is -0.360 e. The summed E-state index contributed by atoms with van der Waals surface area (Å²) in [5.74, 6) is 0. The molecule has 4 heteroatoms.